The number of benzene rings is 1. The standard InChI is InChI=1S/C12H17BO4/c1-12(2,3)17-11(14)8-9-6-4-5-7-10(9)13(15)16/h4-7,15-16H,8H2,1-3H3. The predicted octanol–water partition coefficient (Wildman–Crippen LogP) is 0.251. The quantitative estimate of drug-likeness (QED) is 0.583. The van der Waals surface area contributed by atoms with Gasteiger partial charge in [-0.25, -0.2) is 0 Å². The SMILES string of the molecule is CC(C)(C)OC(=O)Cc1ccccc1B(O)O. The van der Waals surface area contributed by atoms with E-state index in [1.165, 1.54) is 0 Å². The van der Waals surface area contributed by atoms with Gasteiger partial charge in [-0.2, -0.15) is 0 Å². The van der Waals surface area contributed by atoms with E-state index >= 15 is 0 Å². The van der Waals surface area contributed by atoms with E-state index in [1.54, 1.807) is 45.0 Å². The first kappa shape index (κ1) is 13.7. The molecule has 0 saturated heterocycles. The summed E-state index contributed by atoms with van der Waals surface area (Å²) in [5, 5.41) is 18.3. The van der Waals surface area contributed by atoms with E-state index in [1.807, 2.05) is 0 Å². The van der Waals surface area contributed by atoms with Crippen LogP contribution >= 0.6 is 0 Å². The van der Waals surface area contributed by atoms with Gasteiger partial charge in [0.15, 0.2) is 0 Å². The maximum absolute atomic E-state index is 11.6. The Bertz CT molecular complexity index is 396. The zero-order chi connectivity index (χ0) is 13.1. The molecule has 17 heavy (non-hydrogen) atoms. The molecule has 0 unspecified atom stereocenters. The smallest absolute Gasteiger partial charge is 0.460 e. The van der Waals surface area contributed by atoms with Crippen LogP contribution in [-0.2, 0) is 16.0 Å². The second-order valence-corrected chi connectivity index (χ2v) is 4.84. The third-order valence-corrected chi connectivity index (χ3v) is 2.09. The van der Waals surface area contributed by atoms with E-state index in [0.717, 1.165) is 0 Å². The normalized spacial score (nSPS) is 11.1. The summed E-state index contributed by atoms with van der Waals surface area (Å²) in [6.45, 7) is 5.37. The van der Waals surface area contributed by atoms with Crippen LogP contribution in [0.1, 0.15) is 26.3 Å². The van der Waals surface area contributed by atoms with Gasteiger partial charge in [0.2, 0.25) is 0 Å². The fraction of sp³-hybridized carbons (Fsp3) is 0.417. The number of esters is 1. The van der Waals surface area contributed by atoms with Gasteiger partial charge in [0.25, 0.3) is 0 Å². The minimum absolute atomic E-state index is 0.0328. The van der Waals surface area contributed by atoms with Gasteiger partial charge >= 0.3 is 13.1 Å². The fourth-order valence-electron chi connectivity index (χ4n) is 1.48. The highest BCUT2D eigenvalue weighted by molar-refractivity contribution is 6.59. The number of hydrogen-bond acceptors (Lipinski definition) is 4. The van der Waals surface area contributed by atoms with Gasteiger partial charge in [-0.15, -0.1) is 0 Å². The first-order chi connectivity index (χ1) is 7.79. The summed E-state index contributed by atoms with van der Waals surface area (Å²) >= 11 is 0. The van der Waals surface area contributed by atoms with Crippen molar-refractivity contribution in [2.24, 2.45) is 0 Å². The summed E-state index contributed by atoms with van der Waals surface area (Å²) in [6, 6.07) is 6.68. The molecule has 0 bridgehead atoms. The van der Waals surface area contributed by atoms with Crippen LogP contribution in [0.3, 0.4) is 0 Å². The monoisotopic (exact) mass is 236 g/mol. The first-order valence-electron chi connectivity index (χ1n) is 5.45. The van der Waals surface area contributed by atoms with Crippen molar-refractivity contribution >= 4 is 18.6 Å². The molecule has 0 aliphatic rings. The molecule has 92 valence electrons. The van der Waals surface area contributed by atoms with Crippen LogP contribution < -0.4 is 5.46 Å². The van der Waals surface area contributed by atoms with Gasteiger partial charge < -0.3 is 14.8 Å². The number of rotatable bonds is 3. The molecule has 0 fully saturated rings. The highest BCUT2D eigenvalue weighted by Gasteiger charge is 2.20. The predicted molar refractivity (Wildman–Crippen MR) is 65.8 cm³/mol. The Hall–Kier alpha value is -1.33. The second-order valence-electron chi connectivity index (χ2n) is 4.84. The van der Waals surface area contributed by atoms with Crippen LogP contribution in [0.15, 0.2) is 24.3 Å². The van der Waals surface area contributed by atoms with Crippen molar-refractivity contribution in [2.45, 2.75) is 32.8 Å². The highest BCUT2D eigenvalue weighted by atomic mass is 16.6. The highest BCUT2D eigenvalue weighted by Crippen LogP contribution is 2.09. The third kappa shape index (κ3) is 4.59. The molecule has 4 nitrogen and oxygen atoms in total. The maximum Gasteiger partial charge on any atom is 0.488 e. The van der Waals surface area contributed by atoms with Crippen molar-refractivity contribution in [3.05, 3.63) is 29.8 Å². The minimum atomic E-state index is -1.58. The molecule has 0 amide bonds. The van der Waals surface area contributed by atoms with Gasteiger partial charge in [-0.05, 0) is 31.8 Å². The first-order valence-corrected chi connectivity index (χ1v) is 5.45. The lowest BCUT2D eigenvalue weighted by molar-refractivity contribution is -0.153. The van der Waals surface area contributed by atoms with Gasteiger partial charge in [-0.3, -0.25) is 4.79 Å². The lowest BCUT2D eigenvalue weighted by atomic mass is 9.76. The van der Waals surface area contributed by atoms with Crippen molar-refractivity contribution in [3.8, 4) is 0 Å². The summed E-state index contributed by atoms with van der Waals surface area (Å²) < 4.78 is 5.17. The van der Waals surface area contributed by atoms with E-state index in [9.17, 15) is 4.79 Å². The molecule has 1 rings (SSSR count). The fourth-order valence-corrected chi connectivity index (χ4v) is 1.48. The van der Waals surface area contributed by atoms with E-state index < -0.39 is 12.7 Å². The molecule has 0 atom stereocenters. The molecule has 0 aliphatic heterocycles. The van der Waals surface area contributed by atoms with Crippen LogP contribution in [0.5, 0.6) is 0 Å². The Labute approximate surface area is 101 Å². The summed E-state index contributed by atoms with van der Waals surface area (Å²) in [7, 11) is -1.58. The van der Waals surface area contributed by atoms with Crippen LogP contribution in [0, 0.1) is 0 Å². The largest absolute Gasteiger partial charge is 0.488 e. The van der Waals surface area contributed by atoms with Gasteiger partial charge in [0.1, 0.15) is 5.60 Å². The lowest BCUT2D eigenvalue weighted by Crippen LogP contribution is -2.34. The van der Waals surface area contributed by atoms with Crippen molar-refractivity contribution in [3.63, 3.8) is 0 Å². The summed E-state index contributed by atoms with van der Waals surface area (Å²) in [4.78, 5) is 11.6. The molecular weight excluding hydrogens is 219 g/mol. The molecule has 0 aliphatic carbocycles. The lowest BCUT2D eigenvalue weighted by Gasteiger charge is -2.20. The van der Waals surface area contributed by atoms with Gasteiger partial charge in [0, 0.05) is 0 Å². The van der Waals surface area contributed by atoms with Crippen molar-refractivity contribution in [1.82, 2.24) is 0 Å². The zero-order valence-corrected chi connectivity index (χ0v) is 10.3. The third-order valence-electron chi connectivity index (χ3n) is 2.09. The second kappa shape index (κ2) is 5.34. The van der Waals surface area contributed by atoms with Crippen LogP contribution in [-0.4, -0.2) is 28.7 Å². The molecule has 5 heteroatoms. The summed E-state index contributed by atoms with van der Waals surface area (Å²) in [5.74, 6) is -0.384. The Morgan fingerprint density at radius 2 is 1.88 bits per heavy atom. The Morgan fingerprint density at radius 3 is 2.41 bits per heavy atom. The number of ether oxygens (including phenoxy) is 1. The topological polar surface area (TPSA) is 66.8 Å². The molecule has 0 radical (unpaired) electrons. The van der Waals surface area contributed by atoms with Crippen molar-refractivity contribution in [2.75, 3.05) is 0 Å². The average Bonchev–Trinajstić information content (AvgIpc) is 2.14. The molecule has 1 aromatic rings. The number of carbonyl (C=O) groups is 1. The molecule has 0 aromatic heterocycles. The van der Waals surface area contributed by atoms with Crippen LogP contribution in [0.4, 0.5) is 0 Å². The number of hydrogen-bond donors (Lipinski definition) is 2. The minimum Gasteiger partial charge on any atom is -0.460 e. The van der Waals surface area contributed by atoms with E-state index in [4.69, 9.17) is 14.8 Å². The van der Waals surface area contributed by atoms with E-state index in [0.29, 0.717) is 11.0 Å². The molecule has 2 N–H and O–H groups in total. The molecule has 0 spiro atoms. The van der Waals surface area contributed by atoms with E-state index in [-0.39, 0.29) is 12.4 Å². The number of carbonyl (C=O) groups excluding carboxylic acids is 1. The summed E-state index contributed by atoms with van der Waals surface area (Å²) in [5.41, 5.74) is 0.360. The Kier molecular flexibility index (Phi) is 4.31. The van der Waals surface area contributed by atoms with Gasteiger partial charge in [0.05, 0.1) is 6.42 Å². The Morgan fingerprint density at radius 1 is 1.29 bits per heavy atom. The zero-order valence-electron chi connectivity index (χ0n) is 10.3. The molecule has 0 saturated carbocycles. The van der Waals surface area contributed by atoms with Crippen LogP contribution in [0.2, 0.25) is 0 Å². The Balaban J connectivity index is 2.78. The molecule has 0 heterocycles. The van der Waals surface area contributed by atoms with Crippen molar-refractivity contribution < 1.29 is 19.6 Å². The maximum atomic E-state index is 11.6. The van der Waals surface area contributed by atoms with Crippen molar-refractivity contribution in [1.29, 1.82) is 0 Å². The molecule has 1 aromatic carbocycles. The molecular formula is C12H17BO4. The van der Waals surface area contributed by atoms with Crippen LogP contribution in [0.25, 0.3) is 0 Å². The average molecular weight is 236 g/mol. The summed E-state index contributed by atoms with van der Waals surface area (Å²) in [6.07, 6.45) is 0.0328. The van der Waals surface area contributed by atoms with Gasteiger partial charge in [-0.1, -0.05) is 24.3 Å². The van der Waals surface area contributed by atoms with E-state index in [2.05, 4.69) is 0 Å².